The smallest absolute Gasteiger partial charge is 0.290 e. The van der Waals surface area contributed by atoms with Gasteiger partial charge in [0.15, 0.2) is 5.65 Å². The third-order valence-electron chi connectivity index (χ3n) is 5.53. The van der Waals surface area contributed by atoms with E-state index in [2.05, 4.69) is 4.98 Å². The highest BCUT2D eigenvalue weighted by Crippen LogP contribution is 2.29. The maximum Gasteiger partial charge on any atom is 0.330 e. The van der Waals surface area contributed by atoms with Crippen LogP contribution in [0, 0.1) is 18.7 Å². The van der Waals surface area contributed by atoms with Crippen molar-refractivity contribution in [2.45, 2.75) is 44.7 Å². The Morgan fingerprint density at radius 3 is 2.73 bits per heavy atom. The van der Waals surface area contributed by atoms with Crippen molar-refractivity contribution in [1.82, 2.24) is 18.4 Å². The zero-order valence-corrected chi connectivity index (χ0v) is 18.1. The van der Waals surface area contributed by atoms with Crippen LogP contribution in [0.2, 0.25) is 0 Å². The lowest BCUT2D eigenvalue weighted by atomic mass is 10.2. The van der Waals surface area contributed by atoms with Crippen LogP contribution in [0.25, 0.3) is 11.2 Å². The number of sulfonamides is 1. The van der Waals surface area contributed by atoms with Crippen molar-refractivity contribution in [2.75, 3.05) is 13.1 Å². The Balaban J connectivity index is 1.70. The number of rotatable bonds is 5. The number of hydrogen-bond acceptors (Lipinski definition) is 4. The number of fused-ring (bicyclic) bond motifs is 1. The molecular weight excluding hydrogens is 407 g/mol. The maximum atomic E-state index is 13.6. The molecule has 0 saturated carbocycles. The Bertz CT molecular complexity index is 1260. The second-order valence-corrected chi connectivity index (χ2v) is 10.2. The highest BCUT2D eigenvalue weighted by atomic mass is 32.2. The first-order valence-corrected chi connectivity index (χ1v) is 11.5. The molecule has 0 N–H and O–H groups in total. The standard InChI is InChI=1S/C21H25FN4O3S/c1-14(2)12-25-19-5-4-9-23-20(19)26(21(25)27)16-8-10-24(13-16)30(28,29)17-6-7-18(22)15(3)11-17/h4-7,9,11,14,16H,8,10,12-13H2,1-3H3/t16-/m1/s1. The molecule has 0 unspecified atom stereocenters. The Kier molecular flexibility index (Phi) is 5.27. The van der Waals surface area contributed by atoms with E-state index in [0.717, 1.165) is 5.52 Å². The zero-order chi connectivity index (χ0) is 21.6. The third kappa shape index (κ3) is 3.45. The van der Waals surface area contributed by atoms with Crippen LogP contribution in [0.1, 0.15) is 31.9 Å². The molecule has 3 heterocycles. The van der Waals surface area contributed by atoms with Crippen molar-refractivity contribution in [3.8, 4) is 0 Å². The normalized spacial score (nSPS) is 18.0. The van der Waals surface area contributed by atoms with Crippen LogP contribution in [0.3, 0.4) is 0 Å². The van der Waals surface area contributed by atoms with E-state index < -0.39 is 15.8 Å². The van der Waals surface area contributed by atoms with Crippen molar-refractivity contribution in [3.63, 3.8) is 0 Å². The summed E-state index contributed by atoms with van der Waals surface area (Å²) >= 11 is 0. The Morgan fingerprint density at radius 2 is 2.03 bits per heavy atom. The molecule has 0 amide bonds. The van der Waals surface area contributed by atoms with Gasteiger partial charge >= 0.3 is 5.69 Å². The predicted molar refractivity (Wildman–Crippen MR) is 112 cm³/mol. The fourth-order valence-corrected chi connectivity index (χ4v) is 5.62. The summed E-state index contributed by atoms with van der Waals surface area (Å²) in [7, 11) is -3.77. The summed E-state index contributed by atoms with van der Waals surface area (Å²) in [6.45, 7) is 6.66. The summed E-state index contributed by atoms with van der Waals surface area (Å²) in [5, 5.41) is 0. The van der Waals surface area contributed by atoms with E-state index in [9.17, 15) is 17.6 Å². The SMILES string of the molecule is Cc1cc(S(=O)(=O)N2CC[C@@H](n3c(=O)n(CC(C)C)c4cccnc43)C2)ccc1F. The first-order chi connectivity index (χ1) is 14.2. The van der Waals surface area contributed by atoms with Gasteiger partial charge in [0.1, 0.15) is 5.82 Å². The first-order valence-electron chi connectivity index (χ1n) is 10.0. The molecule has 160 valence electrons. The molecule has 2 aromatic heterocycles. The van der Waals surface area contributed by atoms with E-state index in [1.54, 1.807) is 21.4 Å². The number of imidazole rings is 1. The molecule has 30 heavy (non-hydrogen) atoms. The van der Waals surface area contributed by atoms with Crippen LogP contribution in [0.4, 0.5) is 4.39 Å². The molecule has 1 atom stereocenters. The van der Waals surface area contributed by atoms with Crippen LogP contribution in [-0.4, -0.2) is 39.9 Å². The molecule has 0 aliphatic carbocycles. The van der Waals surface area contributed by atoms with Gasteiger partial charge in [0.25, 0.3) is 0 Å². The molecular formula is C21H25FN4O3S. The van der Waals surface area contributed by atoms with Gasteiger partial charge in [-0.3, -0.25) is 9.13 Å². The molecule has 1 saturated heterocycles. The van der Waals surface area contributed by atoms with Crippen LogP contribution in [-0.2, 0) is 16.6 Å². The van der Waals surface area contributed by atoms with E-state index in [1.165, 1.54) is 29.4 Å². The number of nitrogens with zero attached hydrogens (tertiary/aromatic N) is 4. The lowest BCUT2D eigenvalue weighted by Gasteiger charge is -2.17. The van der Waals surface area contributed by atoms with Crippen molar-refractivity contribution in [3.05, 3.63) is 58.4 Å². The fourth-order valence-electron chi connectivity index (χ4n) is 4.05. The zero-order valence-electron chi connectivity index (χ0n) is 17.2. The molecule has 1 aromatic carbocycles. The Morgan fingerprint density at radius 1 is 1.27 bits per heavy atom. The highest BCUT2D eigenvalue weighted by Gasteiger charge is 2.35. The minimum atomic E-state index is -3.77. The third-order valence-corrected chi connectivity index (χ3v) is 7.39. The van der Waals surface area contributed by atoms with Gasteiger partial charge in [-0.2, -0.15) is 4.31 Å². The number of halogens is 1. The van der Waals surface area contributed by atoms with E-state index in [1.807, 2.05) is 19.9 Å². The molecule has 7 nitrogen and oxygen atoms in total. The minimum absolute atomic E-state index is 0.0646. The van der Waals surface area contributed by atoms with Crippen molar-refractivity contribution >= 4 is 21.2 Å². The summed E-state index contributed by atoms with van der Waals surface area (Å²) in [5.74, 6) is -0.159. The minimum Gasteiger partial charge on any atom is -0.290 e. The largest absolute Gasteiger partial charge is 0.330 e. The number of aryl methyl sites for hydroxylation is 1. The summed E-state index contributed by atoms with van der Waals surface area (Å²) in [6.07, 6.45) is 2.15. The number of benzene rings is 1. The van der Waals surface area contributed by atoms with E-state index in [0.29, 0.717) is 25.2 Å². The molecule has 1 fully saturated rings. The highest BCUT2D eigenvalue weighted by molar-refractivity contribution is 7.89. The van der Waals surface area contributed by atoms with Gasteiger partial charge in [0.05, 0.1) is 16.5 Å². The Hall–Kier alpha value is -2.52. The van der Waals surface area contributed by atoms with Gasteiger partial charge < -0.3 is 0 Å². The molecule has 0 spiro atoms. The molecule has 0 radical (unpaired) electrons. The topological polar surface area (TPSA) is 77.2 Å². The van der Waals surface area contributed by atoms with E-state index in [4.69, 9.17) is 0 Å². The number of aromatic nitrogens is 3. The number of hydrogen-bond donors (Lipinski definition) is 0. The van der Waals surface area contributed by atoms with Crippen LogP contribution in [0.15, 0.2) is 46.2 Å². The second-order valence-electron chi connectivity index (χ2n) is 8.22. The van der Waals surface area contributed by atoms with Gasteiger partial charge in [-0.05, 0) is 55.2 Å². The van der Waals surface area contributed by atoms with Crippen molar-refractivity contribution in [2.24, 2.45) is 5.92 Å². The number of pyridine rings is 1. The molecule has 1 aliphatic rings. The maximum absolute atomic E-state index is 13.6. The summed E-state index contributed by atoms with van der Waals surface area (Å²) < 4.78 is 44.4. The van der Waals surface area contributed by atoms with E-state index in [-0.39, 0.29) is 34.7 Å². The van der Waals surface area contributed by atoms with Gasteiger partial charge in [-0.15, -0.1) is 0 Å². The van der Waals surface area contributed by atoms with Gasteiger partial charge in [0.2, 0.25) is 10.0 Å². The lowest BCUT2D eigenvalue weighted by Crippen LogP contribution is -2.32. The Labute approximate surface area is 174 Å². The van der Waals surface area contributed by atoms with Crippen molar-refractivity contribution in [1.29, 1.82) is 0 Å². The molecule has 0 bridgehead atoms. The fraction of sp³-hybridized carbons (Fsp3) is 0.429. The monoisotopic (exact) mass is 432 g/mol. The van der Waals surface area contributed by atoms with Crippen LogP contribution in [0.5, 0.6) is 0 Å². The van der Waals surface area contributed by atoms with Gasteiger partial charge in [0, 0.05) is 25.8 Å². The molecule has 9 heteroatoms. The average molecular weight is 433 g/mol. The second kappa shape index (κ2) is 7.63. The first kappa shape index (κ1) is 20.7. The molecule has 4 rings (SSSR count). The van der Waals surface area contributed by atoms with Gasteiger partial charge in [-0.25, -0.2) is 22.6 Å². The molecule has 1 aliphatic heterocycles. The van der Waals surface area contributed by atoms with Crippen molar-refractivity contribution < 1.29 is 12.8 Å². The lowest BCUT2D eigenvalue weighted by molar-refractivity contribution is 0.442. The summed E-state index contributed by atoms with van der Waals surface area (Å²) in [5.41, 5.74) is 1.44. The van der Waals surface area contributed by atoms with Crippen LogP contribution >= 0.6 is 0 Å². The quantitative estimate of drug-likeness (QED) is 0.621. The van der Waals surface area contributed by atoms with Crippen LogP contribution < -0.4 is 5.69 Å². The summed E-state index contributed by atoms with van der Waals surface area (Å²) in [6, 6.07) is 7.16. The summed E-state index contributed by atoms with van der Waals surface area (Å²) in [4.78, 5) is 17.7. The predicted octanol–water partition coefficient (Wildman–Crippen LogP) is 2.94. The molecule has 3 aromatic rings. The van der Waals surface area contributed by atoms with E-state index >= 15 is 0 Å². The van der Waals surface area contributed by atoms with Gasteiger partial charge in [-0.1, -0.05) is 13.8 Å². The average Bonchev–Trinajstić information content (AvgIpc) is 3.28.